The molecule has 1 saturated heterocycles. The molecule has 1 aliphatic heterocycles. The highest BCUT2D eigenvalue weighted by Gasteiger charge is 2.28. The number of likely N-dealkylation sites (tertiary alicyclic amines) is 1. The zero-order valence-electron chi connectivity index (χ0n) is 13.1. The molecular weight excluding hydrogens is 266 g/mol. The molecule has 0 aromatic carbocycles. The van der Waals surface area contributed by atoms with Gasteiger partial charge < -0.3 is 16.0 Å². The van der Waals surface area contributed by atoms with E-state index in [1.165, 1.54) is 12.8 Å². The van der Waals surface area contributed by atoms with Crippen molar-refractivity contribution in [3.63, 3.8) is 0 Å². The molecule has 2 aliphatic rings. The van der Waals surface area contributed by atoms with E-state index >= 15 is 0 Å². The summed E-state index contributed by atoms with van der Waals surface area (Å²) in [6.07, 6.45) is 7.19. The highest BCUT2D eigenvalue weighted by molar-refractivity contribution is 5.76. The third-order valence-corrected chi connectivity index (χ3v) is 5.01. The van der Waals surface area contributed by atoms with Gasteiger partial charge in [-0.05, 0) is 37.5 Å². The molecule has 0 spiro atoms. The highest BCUT2D eigenvalue weighted by Crippen LogP contribution is 2.27. The van der Waals surface area contributed by atoms with Gasteiger partial charge >= 0.3 is 0 Å². The van der Waals surface area contributed by atoms with E-state index in [9.17, 15) is 9.59 Å². The molecular formula is C16H29N3O2. The Morgan fingerprint density at radius 2 is 1.81 bits per heavy atom. The Kier molecular flexibility index (Phi) is 6.03. The number of nitrogens with zero attached hydrogens (tertiary/aromatic N) is 1. The molecule has 0 bridgehead atoms. The first-order valence-corrected chi connectivity index (χ1v) is 8.34. The van der Waals surface area contributed by atoms with Crippen LogP contribution in [-0.2, 0) is 9.59 Å². The second-order valence-electron chi connectivity index (χ2n) is 6.67. The Morgan fingerprint density at radius 3 is 2.43 bits per heavy atom. The van der Waals surface area contributed by atoms with Gasteiger partial charge in [0.1, 0.15) is 0 Å². The number of amides is 2. The molecule has 0 radical (unpaired) electrons. The average Bonchev–Trinajstić information content (AvgIpc) is 2.48. The third-order valence-electron chi connectivity index (χ3n) is 5.01. The van der Waals surface area contributed by atoms with Crippen LogP contribution in [0.15, 0.2) is 0 Å². The van der Waals surface area contributed by atoms with Crippen molar-refractivity contribution in [2.45, 2.75) is 57.9 Å². The summed E-state index contributed by atoms with van der Waals surface area (Å²) in [6.45, 7) is 3.94. The van der Waals surface area contributed by atoms with E-state index in [4.69, 9.17) is 5.73 Å². The summed E-state index contributed by atoms with van der Waals surface area (Å²) >= 11 is 0. The summed E-state index contributed by atoms with van der Waals surface area (Å²) in [4.78, 5) is 25.3. The van der Waals surface area contributed by atoms with Crippen molar-refractivity contribution in [3.8, 4) is 0 Å². The van der Waals surface area contributed by atoms with Crippen LogP contribution in [0.3, 0.4) is 0 Å². The van der Waals surface area contributed by atoms with E-state index in [0.717, 1.165) is 45.3 Å². The number of hydrogen-bond donors (Lipinski definition) is 2. The first-order valence-electron chi connectivity index (χ1n) is 8.34. The fraction of sp³-hybridized carbons (Fsp3) is 0.875. The molecule has 1 heterocycles. The molecule has 2 rings (SSSR count). The molecule has 1 aliphatic carbocycles. The molecule has 0 aromatic rings. The molecule has 2 fully saturated rings. The van der Waals surface area contributed by atoms with Crippen molar-refractivity contribution in [1.29, 1.82) is 0 Å². The van der Waals surface area contributed by atoms with Crippen molar-refractivity contribution in [2.75, 3.05) is 19.6 Å². The number of nitrogens with two attached hydrogens (primary N) is 1. The standard InChI is InChI=1S/C16H29N3O2/c1-12(20)18-11-13-6-8-19(9-7-13)16(21)10-14-4-2-3-5-15(14)17/h13-15H,2-11,17H2,1H3,(H,18,20). The van der Waals surface area contributed by atoms with Crippen LogP contribution in [0.1, 0.15) is 51.9 Å². The van der Waals surface area contributed by atoms with E-state index in [2.05, 4.69) is 5.32 Å². The lowest BCUT2D eigenvalue weighted by Crippen LogP contribution is -2.43. The Hall–Kier alpha value is -1.10. The van der Waals surface area contributed by atoms with Gasteiger partial charge in [0, 0.05) is 39.0 Å². The minimum Gasteiger partial charge on any atom is -0.356 e. The minimum atomic E-state index is 0.0276. The molecule has 2 amide bonds. The van der Waals surface area contributed by atoms with Crippen molar-refractivity contribution >= 4 is 11.8 Å². The van der Waals surface area contributed by atoms with E-state index in [-0.39, 0.29) is 17.9 Å². The maximum absolute atomic E-state index is 12.4. The minimum absolute atomic E-state index is 0.0276. The van der Waals surface area contributed by atoms with Gasteiger partial charge in [-0.3, -0.25) is 9.59 Å². The predicted octanol–water partition coefficient (Wildman–Crippen LogP) is 1.27. The number of rotatable bonds is 4. The summed E-state index contributed by atoms with van der Waals surface area (Å²) in [5, 5.41) is 2.87. The lowest BCUT2D eigenvalue weighted by atomic mass is 9.82. The highest BCUT2D eigenvalue weighted by atomic mass is 16.2. The zero-order chi connectivity index (χ0) is 15.2. The normalized spacial score (nSPS) is 27.4. The fourth-order valence-corrected chi connectivity index (χ4v) is 3.52. The van der Waals surface area contributed by atoms with Crippen LogP contribution in [0, 0.1) is 11.8 Å². The molecule has 5 nitrogen and oxygen atoms in total. The van der Waals surface area contributed by atoms with Gasteiger partial charge in [0.05, 0.1) is 0 Å². The van der Waals surface area contributed by atoms with Crippen LogP contribution < -0.4 is 11.1 Å². The maximum Gasteiger partial charge on any atom is 0.222 e. The van der Waals surface area contributed by atoms with Gasteiger partial charge in [-0.1, -0.05) is 12.8 Å². The summed E-state index contributed by atoms with van der Waals surface area (Å²) in [7, 11) is 0. The summed E-state index contributed by atoms with van der Waals surface area (Å²) in [5.74, 6) is 1.19. The predicted molar refractivity (Wildman–Crippen MR) is 82.5 cm³/mol. The summed E-state index contributed by atoms with van der Waals surface area (Å²) < 4.78 is 0. The van der Waals surface area contributed by atoms with Gasteiger partial charge in [0.15, 0.2) is 0 Å². The largest absolute Gasteiger partial charge is 0.356 e. The Balaban J connectivity index is 1.71. The second kappa shape index (κ2) is 7.78. The fourth-order valence-electron chi connectivity index (χ4n) is 3.52. The van der Waals surface area contributed by atoms with E-state index in [1.54, 1.807) is 6.92 Å². The number of carbonyl (C=O) groups excluding carboxylic acids is 2. The van der Waals surface area contributed by atoms with E-state index in [0.29, 0.717) is 18.3 Å². The SMILES string of the molecule is CC(=O)NCC1CCN(C(=O)CC2CCCCC2N)CC1. The third kappa shape index (κ3) is 4.99. The number of carbonyl (C=O) groups is 2. The smallest absolute Gasteiger partial charge is 0.222 e. The van der Waals surface area contributed by atoms with Crippen LogP contribution in [0.2, 0.25) is 0 Å². The monoisotopic (exact) mass is 295 g/mol. The Labute approximate surface area is 127 Å². The van der Waals surface area contributed by atoms with Crippen molar-refractivity contribution in [1.82, 2.24) is 10.2 Å². The average molecular weight is 295 g/mol. The van der Waals surface area contributed by atoms with Gasteiger partial charge in [-0.2, -0.15) is 0 Å². The van der Waals surface area contributed by atoms with Gasteiger partial charge in [-0.15, -0.1) is 0 Å². The van der Waals surface area contributed by atoms with Crippen molar-refractivity contribution < 1.29 is 9.59 Å². The summed E-state index contributed by atoms with van der Waals surface area (Å²) in [6, 6.07) is 0.208. The first-order chi connectivity index (χ1) is 10.1. The number of hydrogen-bond acceptors (Lipinski definition) is 3. The maximum atomic E-state index is 12.4. The first kappa shape index (κ1) is 16.3. The molecule has 120 valence electrons. The van der Waals surface area contributed by atoms with Crippen molar-refractivity contribution in [3.05, 3.63) is 0 Å². The van der Waals surface area contributed by atoms with Gasteiger partial charge in [-0.25, -0.2) is 0 Å². The molecule has 3 N–H and O–H groups in total. The van der Waals surface area contributed by atoms with E-state index in [1.807, 2.05) is 4.90 Å². The lowest BCUT2D eigenvalue weighted by Gasteiger charge is -2.34. The summed E-state index contributed by atoms with van der Waals surface area (Å²) in [5.41, 5.74) is 6.14. The van der Waals surface area contributed by atoms with Gasteiger partial charge in [0.2, 0.25) is 11.8 Å². The molecule has 5 heteroatoms. The quantitative estimate of drug-likeness (QED) is 0.820. The molecule has 21 heavy (non-hydrogen) atoms. The van der Waals surface area contributed by atoms with Crippen LogP contribution in [0.5, 0.6) is 0 Å². The number of nitrogens with one attached hydrogen (secondary N) is 1. The number of piperidine rings is 1. The Bertz CT molecular complexity index is 365. The van der Waals surface area contributed by atoms with Crippen LogP contribution in [0.25, 0.3) is 0 Å². The lowest BCUT2D eigenvalue weighted by molar-refractivity contribution is -0.134. The molecule has 2 atom stereocenters. The van der Waals surface area contributed by atoms with Crippen molar-refractivity contribution in [2.24, 2.45) is 17.6 Å². The topological polar surface area (TPSA) is 75.4 Å². The van der Waals surface area contributed by atoms with Gasteiger partial charge in [0.25, 0.3) is 0 Å². The second-order valence-corrected chi connectivity index (χ2v) is 6.67. The molecule has 0 aromatic heterocycles. The van der Waals surface area contributed by atoms with E-state index < -0.39 is 0 Å². The Morgan fingerprint density at radius 1 is 1.14 bits per heavy atom. The zero-order valence-corrected chi connectivity index (χ0v) is 13.1. The molecule has 1 saturated carbocycles. The molecule has 2 unspecified atom stereocenters. The van der Waals surface area contributed by atoms with Crippen LogP contribution in [-0.4, -0.2) is 42.4 Å². The van der Waals surface area contributed by atoms with Crippen LogP contribution in [0.4, 0.5) is 0 Å². The van der Waals surface area contributed by atoms with Crippen LogP contribution >= 0.6 is 0 Å².